The number of nitrogens with one attached hydrogen (secondary N) is 1. The lowest BCUT2D eigenvalue weighted by molar-refractivity contribution is 0.414. The minimum atomic E-state index is 0.626. The molecule has 0 radical (unpaired) electrons. The second-order valence-electron chi connectivity index (χ2n) is 4.21. The summed E-state index contributed by atoms with van der Waals surface area (Å²) < 4.78 is 0. The lowest BCUT2D eigenvalue weighted by Gasteiger charge is -2.15. The predicted octanol–water partition coefficient (Wildman–Crippen LogP) is 2.11. The largest absolute Gasteiger partial charge is 0.381 e. The molecule has 1 saturated heterocycles. The fourth-order valence-corrected chi connectivity index (χ4v) is 2.01. The summed E-state index contributed by atoms with van der Waals surface area (Å²) in [6, 6.07) is 9.12. The van der Waals surface area contributed by atoms with Gasteiger partial charge in [0.2, 0.25) is 0 Å². The third kappa shape index (κ3) is 2.07. The molecule has 0 aromatic heterocycles. The molecule has 1 aromatic rings. The summed E-state index contributed by atoms with van der Waals surface area (Å²) in [5.41, 5.74) is 2.62. The minimum absolute atomic E-state index is 0.626. The molecular formula is C12H18N2. The van der Waals surface area contributed by atoms with Crippen LogP contribution >= 0.6 is 0 Å². The van der Waals surface area contributed by atoms with Crippen molar-refractivity contribution in [1.82, 2.24) is 4.90 Å². The van der Waals surface area contributed by atoms with E-state index in [1.807, 2.05) is 0 Å². The van der Waals surface area contributed by atoms with E-state index in [2.05, 4.69) is 48.5 Å². The molecule has 1 aliphatic rings. The summed E-state index contributed by atoms with van der Waals surface area (Å²) in [6.45, 7) is 4.53. The van der Waals surface area contributed by atoms with Gasteiger partial charge in [-0.05, 0) is 38.6 Å². The van der Waals surface area contributed by atoms with Crippen LogP contribution in [0, 0.1) is 6.92 Å². The smallest absolute Gasteiger partial charge is 0.0400 e. The molecule has 0 saturated carbocycles. The molecule has 0 aliphatic carbocycles. The number of para-hydroxylation sites is 1. The molecule has 1 aliphatic heterocycles. The van der Waals surface area contributed by atoms with Crippen LogP contribution in [0.2, 0.25) is 0 Å². The van der Waals surface area contributed by atoms with Crippen LogP contribution in [-0.4, -0.2) is 31.1 Å². The van der Waals surface area contributed by atoms with Crippen molar-refractivity contribution in [3.05, 3.63) is 29.8 Å². The van der Waals surface area contributed by atoms with Crippen molar-refractivity contribution < 1.29 is 0 Å². The fraction of sp³-hybridized carbons (Fsp3) is 0.500. The summed E-state index contributed by atoms with van der Waals surface area (Å²) in [6.07, 6.45) is 1.25. The van der Waals surface area contributed by atoms with Gasteiger partial charge < -0.3 is 10.2 Å². The van der Waals surface area contributed by atoms with Crippen LogP contribution in [-0.2, 0) is 0 Å². The third-order valence-corrected chi connectivity index (χ3v) is 2.90. The number of anilines is 1. The van der Waals surface area contributed by atoms with Gasteiger partial charge in [-0.25, -0.2) is 0 Å². The van der Waals surface area contributed by atoms with E-state index < -0.39 is 0 Å². The van der Waals surface area contributed by atoms with Crippen molar-refractivity contribution in [2.24, 2.45) is 0 Å². The van der Waals surface area contributed by atoms with Crippen molar-refractivity contribution >= 4 is 5.69 Å². The van der Waals surface area contributed by atoms with E-state index in [4.69, 9.17) is 0 Å². The van der Waals surface area contributed by atoms with Gasteiger partial charge in [0.25, 0.3) is 0 Å². The molecule has 2 heteroatoms. The van der Waals surface area contributed by atoms with E-state index in [-0.39, 0.29) is 0 Å². The van der Waals surface area contributed by atoms with Gasteiger partial charge >= 0.3 is 0 Å². The number of rotatable bonds is 2. The molecule has 1 heterocycles. The minimum Gasteiger partial charge on any atom is -0.381 e. The predicted molar refractivity (Wildman–Crippen MR) is 60.7 cm³/mol. The third-order valence-electron chi connectivity index (χ3n) is 2.90. The van der Waals surface area contributed by atoms with Crippen LogP contribution in [0.15, 0.2) is 24.3 Å². The first kappa shape index (κ1) is 9.53. The normalized spacial score (nSPS) is 22.6. The Balaban J connectivity index is 2.01. The number of aryl methyl sites for hydroxylation is 1. The van der Waals surface area contributed by atoms with E-state index >= 15 is 0 Å². The first-order valence-corrected chi connectivity index (χ1v) is 5.26. The lowest BCUT2D eigenvalue weighted by Crippen LogP contribution is -2.23. The van der Waals surface area contributed by atoms with Crippen LogP contribution in [0.3, 0.4) is 0 Å². The van der Waals surface area contributed by atoms with E-state index in [1.54, 1.807) is 0 Å². The monoisotopic (exact) mass is 190 g/mol. The first-order chi connectivity index (χ1) is 6.75. The summed E-state index contributed by atoms with van der Waals surface area (Å²) in [5.74, 6) is 0. The zero-order valence-electron chi connectivity index (χ0n) is 8.96. The lowest BCUT2D eigenvalue weighted by atomic mass is 10.1. The number of benzene rings is 1. The highest BCUT2D eigenvalue weighted by atomic mass is 15.2. The van der Waals surface area contributed by atoms with E-state index in [0.717, 1.165) is 6.54 Å². The Hall–Kier alpha value is -1.02. The van der Waals surface area contributed by atoms with Crippen molar-refractivity contribution in [3.63, 3.8) is 0 Å². The molecule has 1 N–H and O–H groups in total. The molecule has 2 nitrogen and oxygen atoms in total. The average molecular weight is 190 g/mol. The fourth-order valence-electron chi connectivity index (χ4n) is 2.01. The van der Waals surface area contributed by atoms with Gasteiger partial charge in [0.1, 0.15) is 0 Å². The molecule has 1 aromatic carbocycles. The molecule has 1 unspecified atom stereocenters. The average Bonchev–Trinajstić information content (AvgIpc) is 2.56. The molecule has 1 fully saturated rings. The van der Waals surface area contributed by atoms with Gasteiger partial charge in [-0.1, -0.05) is 18.2 Å². The zero-order valence-corrected chi connectivity index (χ0v) is 8.96. The Morgan fingerprint density at radius 3 is 2.79 bits per heavy atom. The molecule has 0 bridgehead atoms. The molecular weight excluding hydrogens is 172 g/mol. The Bertz CT molecular complexity index is 309. The zero-order chi connectivity index (χ0) is 9.97. The molecule has 0 amide bonds. The van der Waals surface area contributed by atoms with Crippen LogP contribution in [0.5, 0.6) is 0 Å². The highest BCUT2D eigenvalue weighted by Crippen LogP contribution is 2.18. The summed E-state index contributed by atoms with van der Waals surface area (Å²) in [5, 5.41) is 3.60. The van der Waals surface area contributed by atoms with Gasteiger partial charge in [0, 0.05) is 18.3 Å². The highest BCUT2D eigenvalue weighted by Gasteiger charge is 2.18. The Kier molecular flexibility index (Phi) is 2.73. The van der Waals surface area contributed by atoms with E-state index in [1.165, 1.54) is 24.2 Å². The van der Waals surface area contributed by atoms with Gasteiger partial charge in [-0.2, -0.15) is 0 Å². The number of nitrogens with zero attached hydrogens (tertiary/aromatic N) is 1. The Labute approximate surface area is 85.9 Å². The van der Waals surface area contributed by atoms with Gasteiger partial charge in [0.15, 0.2) is 0 Å². The quantitative estimate of drug-likeness (QED) is 0.768. The summed E-state index contributed by atoms with van der Waals surface area (Å²) >= 11 is 0. The summed E-state index contributed by atoms with van der Waals surface area (Å²) in [4.78, 5) is 2.37. The number of hydrogen-bond acceptors (Lipinski definition) is 2. The second-order valence-corrected chi connectivity index (χ2v) is 4.21. The number of likely N-dealkylation sites (tertiary alicyclic amines) is 1. The van der Waals surface area contributed by atoms with Gasteiger partial charge in [-0.15, -0.1) is 0 Å². The van der Waals surface area contributed by atoms with Crippen LogP contribution in [0.1, 0.15) is 12.0 Å². The van der Waals surface area contributed by atoms with E-state index in [9.17, 15) is 0 Å². The van der Waals surface area contributed by atoms with Crippen molar-refractivity contribution in [3.8, 4) is 0 Å². The maximum Gasteiger partial charge on any atom is 0.0400 e. The molecule has 14 heavy (non-hydrogen) atoms. The van der Waals surface area contributed by atoms with Gasteiger partial charge in [0.05, 0.1) is 0 Å². The molecule has 1 atom stereocenters. The topological polar surface area (TPSA) is 15.3 Å². The van der Waals surface area contributed by atoms with E-state index in [0.29, 0.717) is 6.04 Å². The van der Waals surface area contributed by atoms with Crippen LogP contribution in [0.25, 0.3) is 0 Å². The molecule has 2 rings (SSSR count). The molecule has 0 spiro atoms. The molecule has 76 valence electrons. The number of hydrogen-bond donors (Lipinski definition) is 1. The van der Waals surface area contributed by atoms with Crippen LogP contribution in [0.4, 0.5) is 5.69 Å². The number of likely N-dealkylation sites (N-methyl/N-ethyl adjacent to an activating group) is 1. The maximum absolute atomic E-state index is 3.60. The standard InChI is InChI=1S/C12H18N2/c1-10-5-3-4-6-12(10)13-11-7-8-14(2)9-11/h3-6,11,13H,7-9H2,1-2H3. The first-order valence-electron chi connectivity index (χ1n) is 5.26. The van der Waals surface area contributed by atoms with Crippen molar-refractivity contribution in [1.29, 1.82) is 0 Å². The maximum atomic E-state index is 3.60. The Morgan fingerprint density at radius 1 is 1.36 bits per heavy atom. The van der Waals surface area contributed by atoms with Crippen LogP contribution < -0.4 is 5.32 Å². The summed E-state index contributed by atoms with van der Waals surface area (Å²) in [7, 11) is 2.18. The second kappa shape index (κ2) is 4.01. The van der Waals surface area contributed by atoms with Crippen molar-refractivity contribution in [2.75, 3.05) is 25.5 Å². The van der Waals surface area contributed by atoms with Crippen molar-refractivity contribution in [2.45, 2.75) is 19.4 Å². The Morgan fingerprint density at radius 2 is 2.14 bits per heavy atom. The SMILES string of the molecule is Cc1ccccc1NC1CCN(C)C1. The highest BCUT2D eigenvalue weighted by molar-refractivity contribution is 5.51. The van der Waals surface area contributed by atoms with Gasteiger partial charge in [-0.3, -0.25) is 0 Å².